The normalized spacial score (nSPS) is 13.8. The van der Waals surface area contributed by atoms with E-state index in [0.29, 0.717) is 12.6 Å². The molecule has 18 heavy (non-hydrogen) atoms. The summed E-state index contributed by atoms with van der Waals surface area (Å²) in [5.74, 6) is 0.904. The van der Waals surface area contributed by atoms with Crippen molar-refractivity contribution in [3.63, 3.8) is 0 Å². The first-order valence-corrected chi connectivity index (χ1v) is 7.40. The smallest absolute Gasteiger partial charge is 0.313 e. The van der Waals surface area contributed by atoms with E-state index >= 15 is 0 Å². The second-order valence-corrected chi connectivity index (χ2v) is 6.33. The molecule has 0 spiro atoms. The minimum absolute atomic E-state index is 0.129. The van der Waals surface area contributed by atoms with Crippen LogP contribution in [0.25, 0.3) is 0 Å². The van der Waals surface area contributed by atoms with Crippen LogP contribution in [0.15, 0.2) is 9.95 Å². The Bertz CT molecular complexity index is 418. The summed E-state index contributed by atoms with van der Waals surface area (Å²) in [6.07, 6.45) is 0. The van der Waals surface area contributed by atoms with Gasteiger partial charge in [0.25, 0.3) is 0 Å². The number of hydrogen-bond donors (Lipinski definition) is 2. The van der Waals surface area contributed by atoms with Crippen molar-refractivity contribution in [2.24, 2.45) is 5.41 Å². The third-order valence-corrected chi connectivity index (χ3v) is 3.98. The molecule has 0 aliphatic rings. The summed E-state index contributed by atoms with van der Waals surface area (Å²) in [6, 6.07) is 0.393. The number of hydrogen-bond acceptors (Lipinski definition) is 4. The van der Waals surface area contributed by atoms with Gasteiger partial charge in [-0.05, 0) is 18.9 Å². The Morgan fingerprint density at radius 2 is 2.11 bits per heavy atom. The molecule has 1 aromatic rings. The predicted molar refractivity (Wildman–Crippen MR) is 76.2 cm³/mol. The zero-order valence-electron chi connectivity index (χ0n) is 11.9. The average molecular weight is 272 g/mol. The van der Waals surface area contributed by atoms with Crippen molar-refractivity contribution in [1.29, 1.82) is 0 Å². The number of thioether (sulfide) groups is 1. The second kappa shape index (κ2) is 6.43. The molecular weight excluding hydrogens is 248 g/mol. The van der Waals surface area contributed by atoms with Crippen LogP contribution in [0.4, 0.5) is 0 Å². The van der Waals surface area contributed by atoms with E-state index in [1.807, 2.05) is 6.92 Å². The Morgan fingerprint density at radius 1 is 1.44 bits per heavy atom. The molecule has 1 rings (SSSR count). The molecule has 0 radical (unpaired) electrons. The molecule has 1 heterocycles. The van der Waals surface area contributed by atoms with Gasteiger partial charge in [-0.3, -0.25) is 4.57 Å². The summed E-state index contributed by atoms with van der Waals surface area (Å²) in [4.78, 5) is 11.5. The average Bonchev–Trinajstić information content (AvgIpc) is 2.63. The van der Waals surface area contributed by atoms with Crippen LogP contribution in [0.3, 0.4) is 0 Å². The molecule has 0 amide bonds. The molecule has 0 saturated heterocycles. The van der Waals surface area contributed by atoms with Crippen molar-refractivity contribution >= 4 is 11.8 Å². The Morgan fingerprint density at radius 3 is 2.61 bits per heavy atom. The molecule has 0 bridgehead atoms. The zero-order valence-corrected chi connectivity index (χ0v) is 12.7. The van der Waals surface area contributed by atoms with Gasteiger partial charge >= 0.3 is 5.69 Å². The highest BCUT2D eigenvalue weighted by atomic mass is 32.2. The SMILES string of the molecule is CCNC(CSc1n[nH]c(=O)n1CC)C(C)(C)C. The van der Waals surface area contributed by atoms with Crippen LogP contribution in [0, 0.1) is 5.41 Å². The lowest BCUT2D eigenvalue weighted by atomic mass is 9.88. The Labute approximate surface area is 113 Å². The summed E-state index contributed by atoms with van der Waals surface area (Å²) in [5, 5.41) is 10.8. The maximum Gasteiger partial charge on any atom is 0.343 e. The lowest BCUT2D eigenvalue weighted by Crippen LogP contribution is -2.42. The quantitative estimate of drug-likeness (QED) is 0.774. The molecule has 0 aromatic carbocycles. The molecule has 1 atom stereocenters. The molecule has 104 valence electrons. The molecule has 0 aliphatic heterocycles. The molecule has 1 unspecified atom stereocenters. The first kappa shape index (κ1) is 15.3. The number of H-pyrrole nitrogens is 1. The van der Waals surface area contributed by atoms with Crippen LogP contribution in [0.5, 0.6) is 0 Å². The molecular formula is C12H24N4OS. The lowest BCUT2D eigenvalue weighted by molar-refractivity contribution is 0.295. The Balaban J connectivity index is 2.70. The molecule has 2 N–H and O–H groups in total. The van der Waals surface area contributed by atoms with E-state index in [0.717, 1.165) is 17.5 Å². The van der Waals surface area contributed by atoms with Crippen LogP contribution in [-0.4, -0.2) is 33.1 Å². The van der Waals surface area contributed by atoms with Gasteiger partial charge < -0.3 is 5.32 Å². The van der Waals surface area contributed by atoms with Crippen LogP contribution in [0.2, 0.25) is 0 Å². The van der Waals surface area contributed by atoms with Crippen LogP contribution >= 0.6 is 11.8 Å². The lowest BCUT2D eigenvalue weighted by Gasteiger charge is -2.31. The van der Waals surface area contributed by atoms with Crippen LogP contribution in [0.1, 0.15) is 34.6 Å². The van der Waals surface area contributed by atoms with Gasteiger partial charge in [-0.15, -0.1) is 5.10 Å². The van der Waals surface area contributed by atoms with E-state index in [1.165, 1.54) is 0 Å². The van der Waals surface area contributed by atoms with Gasteiger partial charge in [0.15, 0.2) is 5.16 Å². The minimum atomic E-state index is -0.129. The summed E-state index contributed by atoms with van der Waals surface area (Å²) in [6.45, 7) is 12.3. The summed E-state index contributed by atoms with van der Waals surface area (Å²) in [7, 11) is 0. The fourth-order valence-corrected chi connectivity index (χ4v) is 3.12. The minimum Gasteiger partial charge on any atom is -0.313 e. The van der Waals surface area contributed by atoms with Crippen molar-refractivity contribution in [2.45, 2.75) is 52.4 Å². The van der Waals surface area contributed by atoms with Crippen molar-refractivity contribution in [3.05, 3.63) is 10.5 Å². The number of nitrogens with zero attached hydrogens (tertiary/aromatic N) is 2. The van der Waals surface area contributed by atoms with Crippen molar-refractivity contribution in [2.75, 3.05) is 12.3 Å². The maximum atomic E-state index is 11.5. The molecule has 6 heteroatoms. The van der Waals surface area contributed by atoms with Crippen molar-refractivity contribution < 1.29 is 0 Å². The number of aromatic amines is 1. The Kier molecular flexibility index (Phi) is 5.47. The molecule has 0 fully saturated rings. The third-order valence-electron chi connectivity index (χ3n) is 2.91. The highest BCUT2D eigenvalue weighted by molar-refractivity contribution is 7.99. The third kappa shape index (κ3) is 3.88. The molecule has 5 nitrogen and oxygen atoms in total. The fourth-order valence-electron chi connectivity index (χ4n) is 1.71. The van der Waals surface area contributed by atoms with Crippen molar-refractivity contribution in [3.8, 4) is 0 Å². The van der Waals surface area contributed by atoms with Gasteiger partial charge in [-0.1, -0.05) is 39.5 Å². The zero-order chi connectivity index (χ0) is 13.8. The first-order chi connectivity index (χ1) is 8.40. The summed E-state index contributed by atoms with van der Waals surface area (Å²) >= 11 is 1.63. The van der Waals surface area contributed by atoms with Crippen molar-refractivity contribution in [1.82, 2.24) is 20.1 Å². The van der Waals surface area contributed by atoms with Gasteiger partial charge in [0.1, 0.15) is 0 Å². The Hall–Kier alpha value is -0.750. The molecule has 0 aliphatic carbocycles. The van der Waals surface area contributed by atoms with Crippen LogP contribution < -0.4 is 11.0 Å². The number of aromatic nitrogens is 3. The highest BCUT2D eigenvalue weighted by Crippen LogP contribution is 2.25. The first-order valence-electron chi connectivity index (χ1n) is 6.41. The van der Waals surface area contributed by atoms with Gasteiger partial charge in [0, 0.05) is 18.3 Å². The van der Waals surface area contributed by atoms with E-state index in [4.69, 9.17) is 0 Å². The molecule has 1 aromatic heterocycles. The topological polar surface area (TPSA) is 62.7 Å². The standard InChI is InChI=1S/C12H24N4OS/c1-6-13-9(12(3,4)5)8-18-11-15-14-10(17)16(11)7-2/h9,13H,6-8H2,1-5H3,(H,14,17). The predicted octanol–water partition coefficient (Wildman–Crippen LogP) is 1.71. The summed E-state index contributed by atoms with van der Waals surface area (Å²) in [5.41, 5.74) is 0.0622. The largest absolute Gasteiger partial charge is 0.343 e. The van der Waals surface area contributed by atoms with Gasteiger partial charge in [-0.2, -0.15) is 0 Å². The monoisotopic (exact) mass is 272 g/mol. The van der Waals surface area contributed by atoms with Crippen LogP contribution in [-0.2, 0) is 6.54 Å². The van der Waals surface area contributed by atoms with Gasteiger partial charge in [-0.25, -0.2) is 9.89 Å². The van der Waals surface area contributed by atoms with Gasteiger partial charge in [0.2, 0.25) is 0 Å². The van der Waals surface area contributed by atoms with E-state index < -0.39 is 0 Å². The number of rotatable bonds is 6. The number of nitrogens with one attached hydrogen (secondary N) is 2. The summed E-state index contributed by atoms with van der Waals surface area (Å²) < 4.78 is 1.66. The van der Waals surface area contributed by atoms with E-state index in [2.05, 4.69) is 43.2 Å². The van der Waals surface area contributed by atoms with E-state index in [9.17, 15) is 4.79 Å². The van der Waals surface area contributed by atoms with E-state index in [-0.39, 0.29) is 11.1 Å². The highest BCUT2D eigenvalue weighted by Gasteiger charge is 2.24. The maximum absolute atomic E-state index is 11.5. The van der Waals surface area contributed by atoms with Gasteiger partial charge in [0.05, 0.1) is 0 Å². The molecule has 0 saturated carbocycles. The van der Waals surface area contributed by atoms with E-state index in [1.54, 1.807) is 16.3 Å². The fraction of sp³-hybridized carbons (Fsp3) is 0.833. The second-order valence-electron chi connectivity index (χ2n) is 5.34.